The number of carbonyl (C=O) groups is 1. The van der Waals surface area contributed by atoms with Crippen LogP contribution in [0.5, 0.6) is 0 Å². The van der Waals surface area contributed by atoms with Gasteiger partial charge in [-0.15, -0.1) is 0 Å². The average Bonchev–Trinajstić information content (AvgIpc) is 2.55. The summed E-state index contributed by atoms with van der Waals surface area (Å²) in [7, 11) is 4.00. The summed E-state index contributed by atoms with van der Waals surface area (Å²) in [5, 5.41) is 0. The molecule has 1 aliphatic rings. The van der Waals surface area contributed by atoms with Crippen LogP contribution in [-0.2, 0) is 11.3 Å². The maximum absolute atomic E-state index is 12.7. The van der Waals surface area contributed by atoms with E-state index in [-0.39, 0.29) is 11.9 Å². The summed E-state index contributed by atoms with van der Waals surface area (Å²) in [5.41, 5.74) is 2.30. The molecule has 1 aromatic heterocycles. The molecule has 0 N–H and O–H groups in total. The van der Waals surface area contributed by atoms with Gasteiger partial charge in [0.2, 0.25) is 5.91 Å². The molecule has 0 radical (unpaired) electrons. The number of likely N-dealkylation sites (N-methyl/N-ethyl adjacent to an activating group) is 2. The molecule has 1 saturated carbocycles. The van der Waals surface area contributed by atoms with Crippen molar-refractivity contribution in [2.24, 2.45) is 0 Å². The monoisotopic (exact) mass is 303 g/mol. The van der Waals surface area contributed by atoms with Gasteiger partial charge in [0.05, 0.1) is 6.04 Å². The fourth-order valence-corrected chi connectivity index (χ4v) is 3.31. The molecule has 0 aliphatic heterocycles. The Labute approximate surface area is 134 Å². The highest BCUT2D eigenvalue weighted by Crippen LogP contribution is 2.23. The van der Waals surface area contributed by atoms with Crippen LogP contribution in [0.4, 0.5) is 0 Å². The van der Waals surface area contributed by atoms with E-state index >= 15 is 0 Å². The molecule has 1 atom stereocenters. The molecule has 1 aromatic rings. The van der Waals surface area contributed by atoms with Crippen LogP contribution in [0.15, 0.2) is 18.5 Å². The summed E-state index contributed by atoms with van der Waals surface area (Å²) in [6, 6.07) is 2.49. The molecule has 0 saturated heterocycles. The zero-order chi connectivity index (χ0) is 16.1. The lowest BCUT2D eigenvalue weighted by atomic mass is 9.93. The Balaban J connectivity index is 1.95. The van der Waals surface area contributed by atoms with Crippen molar-refractivity contribution >= 4 is 5.91 Å². The summed E-state index contributed by atoms with van der Waals surface area (Å²) >= 11 is 0. The second-order valence-electron chi connectivity index (χ2n) is 6.63. The van der Waals surface area contributed by atoms with E-state index in [0.29, 0.717) is 12.6 Å². The van der Waals surface area contributed by atoms with Crippen LogP contribution in [0.2, 0.25) is 0 Å². The van der Waals surface area contributed by atoms with Crippen LogP contribution >= 0.6 is 0 Å². The van der Waals surface area contributed by atoms with E-state index in [2.05, 4.69) is 16.9 Å². The van der Waals surface area contributed by atoms with Crippen molar-refractivity contribution in [1.29, 1.82) is 0 Å². The van der Waals surface area contributed by atoms with Crippen LogP contribution in [0.3, 0.4) is 0 Å². The third kappa shape index (κ3) is 4.07. The first-order valence-electron chi connectivity index (χ1n) is 8.37. The quantitative estimate of drug-likeness (QED) is 0.839. The summed E-state index contributed by atoms with van der Waals surface area (Å²) in [6.45, 7) is 4.72. The Morgan fingerprint density at radius 1 is 1.32 bits per heavy atom. The molecule has 1 unspecified atom stereocenters. The predicted molar refractivity (Wildman–Crippen MR) is 89.5 cm³/mol. The highest BCUT2D eigenvalue weighted by Gasteiger charge is 2.27. The first-order valence-corrected chi connectivity index (χ1v) is 8.37. The molecule has 4 nitrogen and oxygen atoms in total. The number of aromatic nitrogens is 1. The number of carbonyl (C=O) groups excluding carboxylic acids is 1. The van der Waals surface area contributed by atoms with Gasteiger partial charge in [-0.3, -0.25) is 14.7 Å². The van der Waals surface area contributed by atoms with Gasteiger partial charge < -0.3 is 4.90 Å². The van der Waals surface area contributed by atoms with Crippen molar-refractivity contribution in [3.8, 4) is 0 Å². The Hall–Kier alpha value is -1.42. The maximum atomic E-state index is 12.7. The van der Waals surface area contributed by atoms with E-state index in [1.54, 1.807) is 6.20 Å². The van der Waals surface area contributed by atoms with E-state index < -0.39 is 0 Å². The minimum Gasteiger partial charge on any atom is -0.340 e. The molecule has 1 aliphatic carbocycles. The fourth-order valence-electron chi connectivity index (χ4n) is 3.31. The van der Waals surface area contributed by atoms with E-state index in [1.165, 1.54) is 37.7 Å². The molecular formula is C18H29N3O. The van der Waals surface area contributed by atoms with Gasteiger partial charge in [0.15, 0.2) is 0 Å². The smallest absolute Gasteiger partial charge is 0.239 e. The Morgan fingerprint density at radius 2 is 2.00 bits per heavy atom. The van der Waals surface area contributed by atoms with E-state index in [1.807, 2.05) is 38.1 Å². The average molecular weight is 303 g/mol. The molecule has 22 heavy (non-hydrogen) atoms. The number of rotatable bonds is 5. The summed E-state index contributed by atoms with van der Waals surface area (Å²) in [6.07, 6.45) is 10.0. The largest absolute Gasteiger partial charge is 0.340 e. The van der Waals surface area contributed by atoms with Crippen LogP contribution in [0, 0.1) is 6.92 Å². The Bertz CT molecular complexity index is 497. The second kappa shape index (κ2) is 7.73. The maximum Gasteiger partial charge on any atom is 0.239 e. The Morgan fingerprint density at radius 3 is 2.64 bits per heavy atom. The van der Waals surface area contributed by atoms with E-state index in [9.17, 15) is 4.79 Å². The van der Waals surface area contributed by atoms with Crippen molar-refractivity contribution in [2.45, 2.75) is 64.6 Å². The number of aryl methyl sites for hydroxylation is 1. The van der Waals surface area contributed by atoms with Crippen molar-refractivity contribution < 1.29 is 4.79 Å². The van der Waals surface area contributed by atoms with Gasteiger partial charge in [-0.05, 0) is 50.9 Å². The molecule has 122 valence electrons. The second-order valence-corrected chi connectivity index (χ2v) is 6.63. The zero-order valence-corrected chi connectivity index (χ0v) is 14.4. The van der Waals surface area contributed by atoms with Crippen LogP contribution in [0.25, 0.3) is 0 Å². The number of hydrogen-bond acceptors (Lipinski definition) is 3. The summed E-state index contributed by atoms with van der Waals surface area (Å²) in [5.74, 6) is 0.198. The molecule has 1 amide bonds. The number of hydrogen-bond donors (Lipinski definition) is 0. The van der Waals surface area contributed by atoms with Crippen LogP contribution < -0.4 is 0 Å². The topological polar surface area (TPSA) is 36.4 Å². The highest BCUT2D eigenvalue weighted by atomic mass is 16.2. The Kier molecular flexibility index (Phi) is 5.95. The van der Waals surface area contributed by atoms with Gasteiger partial charge in [-0.25, -0.2) is 0 Å². The molecule has 4 heteroatoms. The molecule has 0 bridgehead atoms. The molecule has 1 heterocycles. The molecule has 1 fully saturated rings. The first-order chi connectivity index (χ1) is 10.5. The van der Waals surface area contributed by atoms with E-state index in [4.69, 9.17) is 0 Å². The first kappa shape index (κ1) is 16.9. The SMILES string of the molecule is Cc1cnccc1CN(C)C(=O)C(C)N(C)C1CCCCC1. The molecular weight excluding hydrogens is 274 g/mol. The van der Waals surface area contributed by atoms with Gasteiger partial charge in [-0.1, -0.05) is 19.3 Å². The van der Waals surface area contributed by atoms with Gasteiger partial charge in [-0.2, -0.15) is 0 Å². The van der Waals surface area contributed by atoms with Gasteiger partial charge >= 0.3 is 0 Å². The molecule has 2 rings (SSSR count). The molecule has 0 spiro atoms. The normalized spacial score (nSPS) is 17.5. The third-order valence-electron chi connectivity index (χ3n) is 5.04. The van der Waals surface area contributed by atoms with Crippen molar-refractivity contribution in [3.05, 3.63) is 29.6 Å². The van der Waals surface area contributed by atoms with E-state index in [0.717, 1.165) is 5.56 Å². The standard InChI is InChI=1S/C18H29N3O/c1-14-12-19-11-10-16(14)13-20(3)18(22)15(2)21(4)17-8-6-5-7-9-17/h10-12,15,17H,5-9,13H2,1-4H3. The lowest BCUT2D eigenvalue weighted by Gasteiger charge is -2.36. The van der Waals surface area contributed by atoms with Crippen molar-refractivity contribution in [3.63, 3.8) is 0 Å². The summed E-state index contributed by atoms with van der Waals surface area (Å²) < 4.78 is 0. The lowest BCUT2D eigenvalue weighted by molar-refractivity contribution is -0.136. The number of amides is 1. The van der Waals surface area contributed by atoms with Crippen LogP contribution in [0.1, 0.15) is 50.2 Å². The summed E-state index contributed by atoms with van der Waals surface area (Å²) in [4.78, 5) is 20.9. The van der Waals surface area contributed by atoms with Gasteiger partial charge in [0.25, 0.3) is 0 Å². The minimum absolute atomic E-state index is 0.0600. The predicted octanol–water partition coefficient (Wildman–Crippen LogP) is 3.00. The van der Waals surface area contributed by atoms with Crippen LogP contribution in [-0.4, -0.2) is 46.9 Å². The van der Waals surface area contributed by atoms with Crippen molar-refractivity contribution in [1.82, 2.24) is 14.8 Å². The van der Waals surface area contributed by atoms with Gasteiger partial charge in [0, 0.05) is 32.0 Å². The number of pyridine rings is 1. The lowest BCUT2D eigenvalue weighted by Crippen LogP contribution is -2.48. The highest BCUT2D eigenvalue weighted by molar-refractivity contribution is 5.81. The van der Waals surface area contributed by atoms with Gasteiger partial charge in [0.1, 0.15) is 0 Å². The molecule has 0 aromatic carbocycles. The zero-order valence-electron chi connectivity index (χ0n) is 14.4. The minimum atomic E-state index is -0.0600. The fraction of sp³-hybridized carbons (Fsp3) is 0.667. The third-order valence-corrected chi connectivity index (χ3v) is 5.04. The number of nitrogens with zero attached hydrogens (tertiary/aromatic N) is 3. The van der Waals surface area contributed by atoms with Crippen molar-refractivity contribution in [2.75, 3.05) is 14.1 Å².